The van der Waals surface area contributed by atoms with E-state index in [1.165, 1.54) is 9.80 Å². The third-order valence-electron chi connectivity index (χ3n) is 10.4. The smallest absolute Gasteiger partial charge is 0.266 e. The maximum absolute atomic E-state index is 13.9. The Morgan fingerprint density at radius 3 is 1.08 bits per heavy atom. The lowest BCUT2D eigenvalue weighted by Crippen LogP contribution is -2.56. The molecule has 6 aromatic carbocycles. The first kappa shape index (κ1) is 40.2. The number of amides is 2. The van der Waals surface area contributed by atoms with Gasteiger partial charge in [-0.2, -0.15) is 0 Å². The fraction of sp³-hybridized carbons (Fsp3) is 0.0755. The molecular formula is C53H44N4O3S. The second kappa shape index (κ2) is 18.6. The third kappa shape index (κ3) is 8.90. The van der Waals surface area contributed by atoms with Crippen LogP contribution in [-0.4, -0.2) is 39.8 Å². The molecule has 0 radical (unpaired) electrons. The first-order chi connectivity index (χ1) is 29.9. The van der Waals surface area contributed by atoms with Gasteiger partial charge in [-0.3, -0.25) is 19.4 Å². The lowest BCUT2D eigenvalue weighted by molar-refractivity contribution is -0.133. The number of ether oxygens (including phenoxy) is 1. The molecule has 0 bridgehead atoms. The van der Waals surface area contributed by atoms with Crippen LogP contribution in [0.4, 0.5) is 34.1 Å². The largest absolute Gasteiger partial charge is 0.457 e. The Hall–Kier alpha value is -7.55. The van der Waals surface area contributed by atoms with Crippen molar-refractivity contribution in [2.24, 2.45) is 0 Å². The standard InChI is InChI=1S/C53H44N4O3S/c1-3-54-51(58)50(52(59)55(4-2)53(54)61)41-37-48(35-29-39-25-31-46(32-26-39)56(42-17-9-5-10-18-42)43-19-11-6-12-20-43)60-49(38-41)36-30-40-27-33-47(34-28-40)57(44-21-13-7-14-22-44)45-23-15-8-16-24-45/h5-38H,3-4H2,1-2H3/b35-29+,36-30+. The summed E-state index contributed by atoms with van der Waals surface area (Å²) in [6.45, 7) is 4.38. The van der Waals surface area contributed by atoms with Crippen LogP contribution in [0, 0.1) is 0 Å². The topological polar surface area (TPSA) is 56.3 Å². The molecule has 0 saturated carbocycles. The van der Waals surface area contributed by atoms with Crippen molar-refractivity contribution in [2.45, 2.75) is 13.8 Å². The van der Waals surface area contributed by atoms with E-state index in [1.54, 1.807) is 12.2 Å². The first-order valence-corrected chi connectivity index (χ1v) is 20.7. The summed E-state index contributed by atoms with van der Waals surface area (Å²) in [5.41, 5.74) is 8.64. The van der Waals surface area contributed by atoms with Gasteiger partial charge in [0.2, 0.25) is 0 Å². The second-order valence-corrected chi connectivity index (χ2v) is 14.6. The molecule has 0 spiro atoms. The summed E-state index contributed by atoms with van der Waals surface area (Å²) >= 11 is 5.56. The Bertz CT molecular complexity index is 2410. The summed E-state index contributed by atoms with van der Waals surface area (Å²) in [5, 5.41) is 0.215. The van der Waals surface area contributed by atoms with Gasteiger partial charge in [0.15, 0.2) is 5.11 Å². The zero-order valence-corrected chi connectivity index (χ0v) is 34.8. The lowest BCUT2D eigenvalue weighted by Gasteiger charge is -2.36. The van der Waals surface area contributed by atoms with Gasteiger partial charge in [0.1, 0.15) is 17.1 Å². The van der Waals surface area contributed by atoms with Gasteiger partial charge in [-0.05, 0) is 134 Å². The monoisotopic (exact) mass is 816 g/mol. The molecule has 0 atom stereocenters. The highest BCUT2D eigenvalue weighted by atomic mass is 32.1. The molecule has 2 amide bonds. The summed E-state index contributed by atoms with van der Waals surface area (Å²) in [7, 11) is 0. The van der Waals surface area contributed by atoms with Crippen LogP contribution >= 0.6 is 12.2 Å². The van der Waals surface area contributed by atoms with Gasteiger partial charge in [-0.1, -0.05) is 109 Å². The van der Waals surface area contributed by atoms with Crippen molar-refractivity contribution in [3.63, 3.8) is 0 Å². The summed E-state index contributed by atoms with van der Waals surface area (Å²) in [5.74, 6) is 0.0976. The molecule has 0 aliphatic carbocycles. The van der Waals surface area contributed by atoms with Gasteiger partial charge in [-0.15, -0.1) is 0 Å². The Balaban J connectivity index is 1.10. The SMILES string of the molecule is CCN1C(=O)C(=C2C=C(/C=C/c3ccc(N(c4ccccc4)c4ccccc4)cc3)OC(/C=C/c3ccc(N(c4ccccc4)c4ccccc4)cc3)=C2)C(=O)N(CC)C1=S. The van der Waals surface area contributed by atoms with E-state index >= 15 is 0 Å². The molecule has 0 unspecified atom stereocenters. The summed E-state index contributed by atoms with van der Waals surface area (Å²) in [6, 6.07) is 57.6. The highest BCUT2D eigenvalue weighted by molar-refractivity contribution is 7.80. The van der Waals surface area contributed by atoms with Crippen LogP contribution in [0.5, 0.6) is 0 Å². The third-order valence-corrected chi connectivity index (χ3v) is 10.8. The maximum Gasteiger partial charge on any atom is 0.266 e. The fourth-order valence-electron chi connectivity index (χ4n) is 7.37. The Kier molecular flexibility index (Phi) is 12.3. The molecule has 1 fully saturated rings. The van der Waals surface area contributed by atoms with Gasteiger partial charge in [0.25, 0.3) is 11.8 Å². The number of hydrogen-bond donors (Lipinski definition) is 0. The zero-order chi connectivity index (χ0) is 42.1. The van der Waals surface area contributed by atoms with Crippen LogP contribution in [0.2, 0.25) is 0 Å². The number of carbonyl (C=O) groups excluding carboxylic acids is 2. The van der Waals surface area contributed by atoms with E-state index in [4.69, 9.17) is 17.0 Å². The fourth-order valence-corrected chi connectivity index (χ4v) is 7.79. The van der Waals surface area contributed by atoms with Crippen molar-refractivity contribution in [1.82, 2.24) is 9.80 Å². The van der Waals surface area contributed by atoms with Gasteiger partial charge >= 0.3 is 0 Å². The molecule has 300 valence electrons. The maximum atomic E-state index is 13.9. The van der Waals surface area contributed by atoms with Crippen molar-refractivity contribution in [1.29, 1.82) is 0 Å². The quantitative estimate of drug-likeness (QED) is 0.0697. The summed E-state index contributed by atoms with van der Waals surface area (Å²) in [6.07, 6.45) is 11.1. The predicted octanol–water partition coefficient (Wildman–Crippen LogP) is 12.4. The first-order valence-electron chi connectivity index (χ1n) is 20.3. The highest BCUT2D eigenvalue weighted by Crippen LogP contribution is 2.36. The molecule has 2 heterocycles. The number of carbonyl (C=O) groups is 2. The van der Waals surface area contributed by atoms with Crippen molar-refractivity contribution in [3.8, 4) is 0 Å². The van der Waals surface area contributed by atoms with Gasteiger partial charge in [-0.25, -0.2) is 0 Å². The minimum Gasteiger partial charge on any atom is -0.457 e. The number of allylic oxidation sites excluding steroid dienone is 5. The Morgan fingerprint density at radius 2 is 0.770 bits per heavy atom. The van der Waals surface area contributed by atoms with Crippen molar-refractivity contribution in [2.75, 3.05) is 22.9 Å². The zero-order valence-electron chi connectivity index (χ0n) is 34.0. The van der Waals surface area contributed by atoms with Crippen LogP contribution < -0.4 is 9.80 Å². The van der Waals surface area contributed by atoms with E-state index < -0.39 is 11.8 Å². The average molecular weight is 817 g/mol. The minimum atomic E-state index is -0.424. The van der Waals surface area contributed by atoms with E-state index in [9.17, 15) is 9.59 Å². The van der Waals surface area contributed by atoms with Crippen LogP contribution in [-0.2, 0) is 14.3 Å². The molecule has 1 saturated heterocycles. The summed E-state index contributed by atoms with van der Waals surface area (Å²) in [4.78, 5) is 35.1. The number of para-hydroxylation sites is 4. The van der Waals surface area contributed by atoms with Crippen molar-refractivity contribution >= 4 is 75.4 Å². The highest BCUT2D eigenvalue weighted by Gasteiger charge is 2.39. The normalized spacial score (nSPS) is 14.4. The molecule has 8 rings (SSSR count). The van der Waals surface area contributed by atoms with E-state index in [-0.39, 0.29) is 10.7 Å². The number of hydrogen-bond acceptors (Lipinski definition) is 6. The molecule has 2 aliphatic rings. The van der Waals surface area contributed by atoms with E-state index in [1.807, 2.05) is 111 Å². The second-order valence-electron chi connectivity index (χ2n) is 14.3. The van der Waals surface area contributed by atoms with Crippen molar-refractivity contribution < 1.29 is 14.3 Å². The van der Waals surface area contributed by atoms with Gasteiger partial charge < -0.3 is 14.5 Å². The molecule has 7 nitrogen and oxygen atoms in total. The van der Waals surface area contributed by atoms with E-state index in [0.717, 1.165) is 45.3 Å². The number of benzene rings is 6. The van der Waals surface area contributed by atoms with Crippen LogP contribution in [0.15, 0.2) is 217 Å². The summed E-state index contributed by atoms with van der Waals surface area (Å²) < 4.78 is 6.43. The Labute approximate surface area is 362 Å². The Morgan fingerprint density at radius 1 is 0.459 bits per heavy atom. The van der Waals surface area contributed by atoms with Crippen LogP contribution in [0.1, 0.15) is 25.0 Å². The van der Waals surface area contributed by atoms with Crippen molar-refractivity contribution in [3.05, 3.63) is 228 Å². The molecule has 6 aromatic rings. The molecule has 0 N–H and O–H groups in total. The molecule has 61 heavy (non-hydrogen) atoms. The number of likely N-dealkylation sites (N-methyl/N-ethyl adjacent to an activating group) is 2. The van der Waals surface area contributed by atoms with E-state index in [0.29, 0.717) is 30.2 Å². The average Bonchev–Trinajstić information content (AvgIpc) is 3.30. The van der Waals surface area contributed by atoms with E-state index in [2.05, 4.69) is 107 Å². The number of rotatable bonds is 12. The number of thiocarbonyl (C=S) groups is 1. The number of nitrogens with zero attached hydrogens (tertiary/aromatic N) is 4. The molecule has 0 aromatic heterocycles. The molecular weight excluding hydrogens is 773 g/mol. The lowest BCUT2D eigenvalue weighted by atomic mass is 9.99. The van der Waals surface area contributed by atoms with Gasteiger partial charge in [0.05, 0.1) is 0 Å². The molecule has 8 heteroatoms. The van der Waals surface area contributed by atoms with Crippen LogP contribution in [0.25, 0.3) is 12.2 Å². The predicted molar refractivity (Wildman–Crippen MR) is 252 cm³/mol. The van der Waals surface area contributed by atoms with Gasteiger partial charge in [0, 0.05) is 52.8 Å². The van der Waals surface area contributed by atoms with Crippen LogP contribution in [0.3, 0.4) is 0 Å². The number of anilines is 6. The molecule has 2 aliphatic heterocycles. The minimum absolute atomic E-state index is 0.0509.